The van der Waals surface area contributed by atoms with Crippen LogP contribution in [0, 0.1) is 21.4 Å². The number of nitro benzene ring substituents is 1. The molecule has 1 rings (SSSR count). The molecule has 0 amide bonds. The first-order valence-corrected chi connectivity index (χ1v) is 6.91. The maximum Gasteiger partial charge on any atom is 0.273 e. The minimum atomic E-state index is -0.314. The van der Waals surface area contributed by atoms with Gasteiger partial charge in [-0.25, -0.2) is 0 Å². The Labute approximate surface area is 119 Å². The van der Waals surface area contributed by atoms with Gasteiger partial charge in [0.25, 0.3) is 5.69 Å². The first-order valence-electron chi connectivity index (χ1n) is 6.91. The van der Waals surface area contributed by atoms with Gasteiger partial charge in [-0.3, -0.25) is 10.1 Å². The van der Waals surface area contributed by atoms with E-state index in [0.717, 1.165) is 30.5 Å². The normalized spacial score (nSPS) is 10.5. The first-order chi connectivity index (χ1) is 9.56. The fourth-order valence-corrected chi connectivity index (χ4v) is 2.03. The molecule has 20 heavy (non-hydrogen) atoms. The Morgan fingerprint density at radius 1 is 1.40 bits per heavy atom. The van der Waals surface area contributed by atoms with Gasteiger partial charge in [0.15, 0.2) is 0 Å². The van der Waals surface area contributed by atoms with Gasteiger partial charge in [0.2, 0.25) is 0 Å². The lowest BCUT2D eigenvalue weighted by molar-refractivity contribution is -0.385. The minimum absolute atomic E-state index is 0.142. The van der Waals surface area contributed by atoms with E-state index >= 15 is 0 Å². The van der Waals surface area contributed by atoms with Crippen molar-refractivity contribution in [2.45, 2.75) is 45.6 Å². The van der Waals surface area contributed by atoms with Crippen molar-refractivity contribution in [3.63, 3.8) is 0 Å². The van der Waals surface area contributed by atoms with Crippen LogP contribution in [0.1, 0.15) is 50.2 Å². The number of nitrogens with zero attached hydrogens (tertiary/aromatic N) is 2. The van der Waals surface area contributed by atoms with Gasteiger partial charge in [0.05, 0.1) is 11.0 Å². The second kappa shape index (κ2) is 8.28. The molecular formula is C15H21N3O2. The van der Waals surface area contributed by atoms with Crippen molar-refractivity contribution in [1.29, 1.82) is 5.26 Å². The van der Waals surface area contributed by atoms with Crippen molar-refractivity contribution in [2.75, 3.05) is 6.54 Å². The monoisotopic (exact) mass is 275 g/mol. The van der Waals surface area contributed by atoms with Crippen LogP contribution in [0.15, 0.2) is 18.2 Å². The van der Waals surface area contributed by atoms with Gasteiger partial charge in [-0.2, -0.15) is 5.26 Å². The maximum absolute atomic E-state index is 11.1. The molecule has 1 aromatic carbocycles. The highest BCUT2D eigenvalue weighted by atomic mass is 16.6. The topological polar surface area (TPSA) is 79.0 Å². The Hall–Kier alpha value is -1.93. The van der Waals surface area contributed by atoms with E-state index < -0.39 is 0 Å². The number of rotatable bonds is 8. The lowest BCUT2D eigenvalue weighted by Crippen LogP contribution is -2.15. The Balaban J connectivity index is 2.57. The van der Waals surface area contributed by atoms with E-state index in [0.29, 0.717) is 13.0 Å². The van der Waals surface area contributed by atoms with Gasteiger partial charge in [0.1, 0.15) is 0 Å². The summed E-state index contributed by atoms with van der Waals surface area (Å²) >= 11 is 0. The number of benzene rings is 1. The predicted octanol–water partition coefficient (Wildman–Crippen LogP) is 3.50. The predicted molar refractivity (Wildman–Crippen MR) is 78.4 cm³/mol. The summed E-state index contributed by atoms with van der Waals surface area (Å²) in [4.78, 5) is 10.8. The van der Waals surface area contributed by atoms with E-state index in [2.05, 4.69) is 11.4 Å². The third kappa shape index (κ3) is 4.98. The molecule has 108 valence electrons. The fourth-order valence-electron chi connectivity index (χ4n) is 2.03. The highest BCUT2D eigenvalue weighted by Gasteiger charge is 2.16. The van der Waals surface area contributed by atoms with Gasteiger partial charge < -0.3 is 5.32 Å². The largest absolute Gasteiger partial charge is 0.313 e. The number of hydrogen-bond donors (Lipinski definition) is 1. The molecule has 0 saturated carbocycles. The van der Waals surface area contributed by atoms with Crippen molar-refractivity contribution in [3.05, 3.63) is 39.4 Å². The van der Waals surface area contributed by atoms with Gasteiger partial charge in [0, 0.05) is 24.6 Å². The number of nitriles is 1. The molecule has 5 nitrogen and oxygen atoms in total. The Morgan fingerprint density at radius 3 is 2.75 bits per heavy atom. The molecule has 0 radical (unpaired) electrons. The molecule has 0 unspecified atom stereocenters. The third-order valence-corrected chi connectivity index (χ3v) is 3.13. The van der Waals surface area contributed by atoms with Crippen molar-refractivity contribution in [2.24, 2.45) is 0 Å². The van der Waals surface area contributed by atoms with Gasteiger partial charge in [-0.1, -0.05) is 26.0 Å². The molecule has 0 aliphatic carbocycles. The first kappa shape index (κ1) is 16.1. The van der Waals surface area contributed by atoms with Crippen molar-refractivity contribution in [1.82, 2.24) is 5.32 Å². The van der Waals surface area contributed by atoms with Gasteiger partial charge >= 0.3 is 0 Å². The SMILES string of the molecule is CC(C)c1ccc(CNCCCCC#N)cc1[N+](=O)[O-]. The summed E-state index contributed by atoms with van der Waals surface area (Å²) in [6, 6.07) is 7.54. The Morgan fingerprint density at radius 2 is 2.15 bits per heavy atom. The molecule has 1 aromatic rings. The molecule has 0 bridgehead atoms. The summed E-state index contributed by atoms with van der Waals surface area (Å²) < 4.78 is 0. The van der Waals surface area contributed by atoms with Crippen LogP contribution in [0.25, 0.3) is 0 Å². The van der Waals surface area contributed by atoms with Gasteiger partial charge in [-0.15, -0.1) is 0 Å². The molecular weight excluding hydrogens is 254 g/mol. The van der Waals surface area contributed by atoms with E-state index in [4.69, 9.17) is 5.26 Å². The summed E-state index contributed by atoms with van der Waals surface area (Å²) in [6.45, 7) is 5.35. The van der Waals surface area contributed by atoms with Crippen molar-refractivity contribution in [3.8, 4) is 6.07 Å². The van der Waals surface area contributed by atoms with Crippen LogP contribution >= 0.6 is 0 Å². The van der Waals surface area contributed by atoms with Crippen LogP contribution in [0.4, 0.5) is 5.69 Å². The zero-order valence-corrected chi connectivity index (χ0v) is 12.1. The molecule has 1 N–H and O–H groups in total. The standard InChI is InChI=1S/C15H21N3O2/c1-12(2)14-7-6-13(10-15(14)18(19)20)11-17-9-5-3-4-8-16/h6-7,10,12,17H,3-5,9,11H2,1-2H3. The molecule has 0 fully saturated rings. The van der Waals surface area contributed by atoms with Crippen LogP contribution in [-0.4, -0.2) is 11.5 Å². The van der Waals surface area contributed by atoms with Crippen LogP contribution in [0.2, 0.25) is 0 Å². The zero-order valence-electron chi connectivity index (χ0n) is 12.1. The van der Waals surface area contributed by atoms with Crippen LogP contribution in [0.5, 0.6) is 0 Å². The van der Waals surface area contributed by atoms with E-state index in [1.807, 2.05) is 26.0 Å². The van der Waals surface area contributed by atoms with E-state index in [1.165, 1.54) is 0 Å². The molecule has 0 heterocycles. The molecule has 0 aliphatic rings. The van der Waals surface area contributed by atoms with E-state index in [-0.39, 0.29) is 16.5 Å². The molecule has 5 heteroatoms. The molecule has 0 saturated heterocycles. The second-order valence-electron chi connectivity index (χ2n) is 5.10. The molecule has 0 atom stereocenters. The third-order valence-electron chi connectivity index (χ3n) is 3.13. The highest BCUT2D eigenvalue weighted by molar-refractivity contribution is 5.45. The van der Waals surface area contributed by atoms with E-state index in [1.54, 1.807) is 6.07 Å². The van der Waals surface area contributed by atoms with E-state index in [9.17, 15) is 10.1 Å². The second-order valence-corrected chi connectivity index (χ2v) is 5.10. The molecule has 0 aromatic heterocycles. The smallest absolute Gasteiger partial charge is 0.273 e. The average molecular weight is 275 g/mol. The lowest BCUT2D eigenvalue weighted by atomic mass is 9.99. The maximum atomic E-state index is 11.1. The quantitative estimate of drug-likeness (QED) is 0.447. The summed E-state index contributed by atoms with van der Waals surface area (Å²) in [5.41, 5.74) is 1.89. The zero-order chi connectivity index (χ0) is 15.0. The Kier molecular flexibility index (Phi) is 6.68. The number of unbranched alkanes of at least 4 members (excludes halogenated alkanes) is 2. The van der Waals surface area contributed by atoms with Crippen LogP contribution in [-0.2, 0) is 6.54 Å². The summed E-state index contributed by atoms with van der Waals surface area (Å²) in [5, 5.41) is 22.7. The number of hydrogen-bond acceptors (Lipinski definition) is 4. The van der Waals surface area contributed by atoms with Crippen molar-refractivity contribution >= 4 is 5.69 Å². The summed E-state index contributed by atoms with van der Waals surface area (Å²) in [5.74, 6) is 0.142. The summed E-state index contributed by atoms with van der Waals surface area (Å²) in [7, 11) is 0. The van der Waals surface area contributed by atoms with Crippen LogP contribution < -0.4 is 5.32 Å². The molecule has 0 spiro atoms. The number of nitro groups is 1. The van der Waals surface area contributed by atoms with Gasteiger partial charge in [-0.05, 0) is 30.9 Å². The lowest BCUT2D eigenvalue weighted by Gasteiger charge is -2.09. The fraction of sp³-hybridized carbons (Fsp3) is 0.533. The van der Waals surface area contributed by atoms with Crippen LogP contribution in [0.3, 0.4) is 0 Å². The molecule has 0 aliphatic heterocycles. The number of nitrogens with one attached hydrogen (secondary N) is 1. The van der Waals surface area contributed by atoms with Crippen molar-refractivity contribution < 1.29 is 4.92 Å². The Bertz CT molecular complexity index is 492. The highest BCUT2D eigenvalue weighted by Crippen LogP contribution is 2.27. The average Bonchev–Trinajstić information content (AvgIpc) is 2.42. The minimum Gasteiger partial charge on any atom is -0.313 e. The summed E-state index contributed by atoms with van der Waals surface area (Å²) in [6.07, 6.45) is 2.41.